The lowest BCUT2D eigenvalue weighted by molar-refractivity contribution is -0.123. The number of hydrogen-bond donors (Lipinski definition) is 1. The molecule has 1 aliphatic heterocycles. The molecule has 2 aromatic rings. The van der Waals surface area contributed by atoms with Crippen LogP contribution in [0.25, 0.3) is 0 Å². The van der Waals surface area contributed by atoms with Gasteiger partial charge in [0.15, 0.2) is 0 Å². The van der Waals surface area contributed by atoms with Crippen LogP contribution in [0.4, 0.5) is 0 Å². The average Bonchev–Trinajstić information content (AvgIpc) is 2.75. The van der Waals surface area contributed by atoms with Crippen molar-refractivity contribution >= 4 is 15.9 Å². The number of rotatable bonds is 7. The zero-order chi connectivity index (χ0) is 20.9. The largest absolute Gasteiger partial charge is 0.497 e. The standard InChI is InChI=1S/C22H28N2O4S/c1-3-21(17-7-5-4-6-8-17)22(25)23-18-13-15-24(16-14-18)29(26,27)20-11-9-19(28-2)10-12-20/h4-12,18,21H,3,13-16H2,1-2H3,(H,23,25)/t21-/m0/s1. The minimum absolute atomic E-state index is 0.00941. The molecule has 1 amide bonds. The van der Waals surface area contributed by atoms with Crippen LogP contribution < -0.4 is 10.1 Å². The lowest BCUT2D eigenvalue weighted by atomic mass is 9.94. The van der Waals surface area contributed by atoms with Crippen LogP contribution in [0.1, 0.15) is 37.7 Å². The second-order valence-electron chi connectivity index (χ2n) is 7.23. The number of nitrogens with one attached hydrogen (secondary N) is 1. The maximum atomic E-state index is 12.9. The van der Waals surface area contributed by atoms with E-state index in [1.165, 1.54) is 4.31 Å². The third kappa shape index (κ3) is 4.97. The molecule has 1 heterocycles. The SMILES string of the molecule is CC[C@H](C(=O)NC1CCN(S(=O)(=O)c2ccc(OC)cc2)CC1)c1ccccc1. The summed E-state index contributed by atoms with van der Waals surface area (Å²) < 4.78 is 32.3. The first kappa shape index (κ1) is 21.3. The van der Waals surface area contributed by atoms with Crippen molar-refractivity contribution in [2.24, 2.45) is 0 Å². The lowest BCUT2D eigenvalue weighted by Crippen LogP contribution is -2.47. The average molecular weight is 417 g/mol. The van der Waals surface area contributed by atoms with E-state index in [0.29, 0.717) is 31.7 Å². The molecule has 0 aliphatic carbocycles. The van der Waals surface area contributed by atoms with Crippen molar-refractivity contribution in [3.05, 3.63) is 60.2 Å². The third-order valence-corrected chi connectivity index (χ3v) is 7.34. The van der Waals surface area contributed by atoms with Gasteiger partial charge in [-0.15, -0.1) is 0 Å². The molecule has 7 heteroatoms. The van der Waals surface area contributed by atoms with Crippen molar-refractivity contribution in [2.45, 2.75) is 43.0 Å². The van der Waals surface area contributed by atoms with E-state index in [2.05, 4.69) is 5.32 Å². The summed E-state index contributed by atoms with van der Waals surface area (Å²) in [5, 5.41) is 3.12. The molecule has 0 spiro atoms. The Morgan fingerprint density at radius 1 is 1.10 bits per heavy atom. The summed E-state index contributed by atoms with van der Waals surface area (Å²) in [6.45, 7) is 2.78. The quantitative estimate of drug-likeness (QED) is 0.752. The van der Waals surface area contributed by atoms with Crippen LogP contribution in [0.15, 0.2) is 59.5 Å². The number of carbonyl (C=O) groups is 1. The van der Waals surface area contributed by atoms with Crippen molar-refractivity contribution in [1.82, 2.24) is 9.62 Å². The van der Waals surface area contributed by atoms with E-state index in [4.69, 9.17) is 4.74 Å². The number of benzene rings is 2. The van der Waals surface area contributed by atoms with E-state index in [-0.39, 0.29) is 22.8 Å². The minimum atomic E-state index is -3.54. The number of methoxy groups -OCH3 is 1. The van der Waals surface area contributed by atoms with E-state index < -0.39 is 10.0 Å². The maximum Gasteiger partial charge on any atom is 0.243 e. The highest BCUT2D eigenvalue weighted by Gasteiger charge is 2.31. The van der Waals surface area contributed by atoms with Gasteiger partial charge < -0.3 is 10.1 Å². The van der Waals surface area contributed by atoms with Crippen LogP contribution in [0, 0.1) is 0 Å². The topological polar surface area (TPSA) is 75.7 Å². The highest BCUT2D eigenvalue weighted by atomic mass is 32.2. The summed E-state index contributed by atoms with van der Waals surface area (Å²) in [5.74, 6) is 0.446. The second kappa shape index (κ2) is 9.41. The van der Waals surface area contributed by atoms with Gasteiger partial charge in [-0.2, -0.15) is 4.31 Å². The lowest BCUT2D eigenvalue weighted by Gasteiger charge is -2.32. The number of hydrogen-bond acceptors (Lipinski definition) is 4. The Labute approximate surface area is 172 Å². The number of nitrogens with zero attached hydrogens (tertiary/aromatic N) is 1. The first-order valence-electron chi connectivity index (χ1n) is 9.95. The summed E-state index contributed by atoms with van der Waals surface area (Å²) in [5.41, 5.74) is 1.01. The van der Waals surface area contributed by atoms with Crippen molar-refractivity contribution in [3.8, 4) is 5.75 Å². The Balaban J connectivity index is 1.59. The van der Waals surface area contributed by atoms with Gasteiger partial charge in [0, 0.05) is 19.1 Å². The Kier molecular flexibility index (Phi) is 6.92. The Morgan fingerprint density at radius 2 is 1.72 bits per heavy atom. The first-order chi connectivity index (χ1) is 14.0. The van der Waals surface area contributed by atoms with Crippen LogP contribution in [0.5, 0.6) is 5.75 Å². The molecule has 2 aromatic carbocycles. The molecule has 1 N–H and O–H groups in total. The predicted octanol–water partition coefficient (Wildman–Crippen LogP) is 3.16. The summed E-state index contributed by atoms with van der Waals surface area (Å²) in [4.78, 5) is 13.0. The number of ether oxygens (including phenoxy) is 1. The fourth-order valence-corrected chi connectivity index (χ4v) is 5.17. The van der Waals surface area contributed by atoms with Gasteiger partial charge in [0.05, 0.1) is 17.9 Å². The van der Waals surface area contributed by atoms with Gasteiger partial charge >= 0.3 is 0 Å². The Bertz CT molecular complexity index is 906. The molecule has 3 rings (SSSR count). The second-order valence-corrected chi connectivity index (χ2v) is 9.17. The van der Waals surface area contributed by atoms with Gasteiger partial charge in [0.2, 0.25) is 15.9 Å². The molecule has 0 bridgehead atoms. The van der Waals surface area contributed by atoms with Gasteiger partial charge in [-0.1, -0.05) is 37.3 Å². The van der Waals surface area contributed by atoms with Gasteiger partial charge in [-0.25, -0.2) is 8.42 Å². The van der Waals surface area contributed by atoms with Gasteiger partial charge in [0.1, 0.15) is 5.75 Å². The molecular weight excluding hydrogens is 388 g/mol. The Hall–Kier alpha value is -2.38. The fourth-order valence-electron chi connectivity index (χ4n) is 3.70. The molecule has 6 nitrogen and oxygen atoms in total. The third-order valence-electron chi connectivity index (χ3n) is 5.42. The van der Waals surface area contributed by atoms with Crippen LogP contribution in [-0.4, -0.2) is 44.9 Å². The molecule has 1 fully saturated rings. The first-order valence-corrected chi connectivity index (χ1v) is 11.4. The number of amides is 1. The zero-order valence-electron chi connectivity index (χ0n) is 16.9. The van der Waals surface area contributed by atoms with E-state index in [9.17, 15) is 13.2 Å². The van der Waals surface area contributed by atoms with Crippen molar-refractivity contribution in [3.63, 3.8) is 0 Å². The molecule has 0 saturated carbocycles. The monoisotopic (exact) mass is 416 g/mol. The van der Waals surface area contributed by atoms with Crippen LogP contribution in [-0.2, 0) is 14.8 Å². The Morgan fingerprint density at radius 3 is 2.28 bits per heavy atom. The molecule has 1 aliphatic rings. The normalized spacial score (nSPS) is 16.9. The van der Waals surface area contributed by atoms with Crippen LogP contribution >= 0.6 is 0 Å². The predicted molar refractivity (Wildman–Crippen MR) is 112 cm³/mol. The van der Waals surface area contributed by atoms with E-state index in [0.717, 1.165) is 12.0 Å². The highest BCUT2D eigenvalue weighted by molar-refractivity contribution is 7.89. The van der Waals surface area contributed by atoms with E-state index in [1.54, 1.807) is 31.4 Å². The summed E-state index contributed by atoms with van der Waals surface area (Å²) in [6, 6.07) is 16.2. The summed E-state index contributed by atoms with van der Waals surface area (Å²) >= 11 is 0. The van der Waals surface area contributed by atoms with Gasteiger partial charge in [-0.3, -0.25) is 4.79 Å². The van der Waals surface area contributed by atoms with Crippen molar-refractivity contribution in [2.75, 3.05) is 20.2 Å². The molecule has 1 atom stereocenters. The number of sulfonamides is 1. The fraction of sp³-hybridized carbons (Fsp3) is 0.409. The number of carbonyl (C=O) groups excluding carboxylic acids is 1. The van der Waals surface area contributed by atoms with E-state index >= 15 is 0 Å². The zero-order valence-corrected chi connectivity index (χ0v) is 17.7. The molecule has 0 aromatic heterocycles. The molecule has 1 saturated heterocycles. The molecule has 29 heavy (non-hydrogen) atoms. The summed E-state index contributed by atoms with van der Waals surface area (Å²) in [7, 11) is -1.99. The maximum absolute atomic E-state index is 12.9. The smallest absolute Gasteiger partial charge is 0.243 e. The molecule has 156 valence electrons. The number of piperidine rings is 1. The molecular formula is C22H28N2O4S. The van der Waals surface area contributed by atoms with Crippen molar-refractivity contribution < 1.29 is 17.9 Å². The van der Waals surface area contributed by atoms with E-state index in [1.807, 2.05) is 37.3 Å². The molecule has 0 unspecified atom stereocenters. The summed E-state index contributed by atoms with van der Waals surface area (Å²) in [6.07, 6.45) is 1.93. The van der Waals surface area contributed by atoms with Gasteiger partial charge in [0.25, 0.3) is 0 Å². The van der Waals surface area contributed by atoms with Crippen LogP contribution in [0.3, 0.4) is 0 Å². The molecule has 0 radical (unpaired) electrons. The van der Waals surface area contributed by atoms with Gasteiger partial charge in [-0.05, 0) is 49.1 Å². The highest BCUT2D eigenvalue weighted by Crippen LogP contribution is 2.24. The van der Waals surface area contributed by atoms with Crippen molar-refractivity contribution in [1.29, 1.82) is 0 Å². The van der Waals surface area contributed by atoms with Crippen LogP contribution in [0.2, 0.25) is 0 Å². The minimum Gasteiger partial charge on any atom is -0.497 e.